The van der Waals surface area contributed by atoms with Crippen molar-refractivity contribution in [1.29, 1.82) is 0 Å². The minimum absolute atomic E-state index is 0.0147. The van der Waals surface area contributed by atoms with Crippen molar-refractivity contribution in [2.24, 2.45) is 5.10 Å². The molecule has 0 atom stereocenters. The highest BCUT2D eigenvalue weighted by Crippen LogP contribution is 2.18. The Balaban J connectivity index is 1.54. The molecule has 0 spiro atoms. The summed E-state index contributed by atoms with van der Waals surface area (Å²) in [5, 5.41) is 21.2. The van der Waals surface area contributed by atoms with Crippen LogP contribution in [0.25, 0.3) is 0 Å². The van der Waals surface area contributed by atoms with Crippen LogP contribution in [-0.2, 0) is 0 Å². The Labute approximate surface area is 183 Å². The molecule has 3 aromatic carbocycles. The molecular formula is C22H18N8O2. The van der Waals surface area contributed by atoms with Crippen molar-refractivity contribution in [3.63, 3.8) is 0 Å². The van der Waals surface area contributed by atoms with Crippen LogP contribution >= 0.6 is 0 Å². The first kappa shape index (κ1) is 20.4. The monoisotopic (exact) mass is 426 g/mol. The Hall–Kier alpha value is -4.86. The van der Waals surface area contributed by atoms with Crippen LogP contribution in [0, 0.1) is 10.1 Å². The molecule has 10 nitrogen and oxygen atoms in total. The van der Waals surface area contributed by atoms with E-state index in [1.807, 2.05) is 60.7 Å². The molecule has 0 amide bonds. The molecule has 10 heteroatoms. The van der Waals surface area contributed by atoms with E-state index in [9.17, 15) is 10.1 Å². The van der Waals surface area contributed by atoms with Gasteiger partial charge >= 0.3 is 0 Å². The number of anilines is 5. The van der Waals surface area contributed by atoms with E-state index in [0.29, 0.717) is 17.5 Å². The van der Waals surface area contributed by atoms with E-state index < -0.39 is 4.92 Å². The Morgan fingerprint density at radius 2 is 1.22 bits per heavy atom. The van der Waals surface area contributed by atoms with E-state index in [4.69, 9.17) is 0 Å². The molecule has 4 rings (SSSR count). The van der Waals surface area contributed by atoms with Crippen LogP contribution in [0.1, 0.15) is 5.56 Å². The fourth-order valence-electron chi connectivity index (χ4n) is 2.69. The Morgan fingerprint density at radius 3 is 1.72 bits per heavy atom. The van der Waals surface area contributed by atoms with E-state index in [1.165, 1.54) is 18.3 Å². The lowest BCUT2D eigenvalue weighted by Gasteiger charge is -2.10. The zero-order valence-electron chi connectivity index (χ0n) is 16.7. The third-order valence-electron chi connectivity index (χ3n) is 4.18. The summed E-state index contributed by atoms with van der Waals surface area (Å²) in [6.07, 6.45) is 1.52. The van der Waals surface area contributed by atoms with Gasteiger partial charge in [-0.3, -0.25) is 10.1 Å². The number of para-hydroxylation sites is 2. The van der Waals surface area contributed by atoms with Crippen LogP contribution in [-0.4, -0.2) is 26.1 Å². The average Bonchev–Trinajstić information content (AvgIpc) is 2.81. The highest BCUT2D eigenvalue weighted by molar-refractivity contribution is 5.80. The van der Waals surface area contributed by atoms with Crippen molar-refractivity contribution < 1.29 is 4.92 Å². The first-order valence-corrected chi connectivity index (χ1v) is 9.59. The second-order valence-corrected chi connectivity index (χ2v) is 6.51. The molecule has 32 heavy (non-hydrogen) atoms. The highest BCUT2D eigenvalue weighted by atomic mass is 16.6. The summed E-state index contributed by atoms with van der Waals surface area (Å²) in [5.74, 6) is 0.880. The topological polar surface area (TPSA) is 130 Å². The number of hydrogen-bond donors (Lipinski definition) is 3. The molecule has 0 aliphatic rings. The normalized spacial score (nSPS) is 10.6. The minimum Gasteiger partial charge on any atom is -0.324 e. The zero-order chi connectivity index (χ0) is 22.2. The fraction of sp³-hybridized carbons (Fsp3) is 0. The van der Waals surface area contributed by atoms with Gasteiger partial charge in [-0.25, -0.2) is 5.43 Å². The largest absolute Gasteiger partial charge is 0.324 e. The van der Waals surface area contributed by atoms with Gasteiger partial charge in [-0.05, 0) is 42.0 Å². The number of hydrazone groups is 1. The van der Waals surface area contributed by atoms with Crippen LogP contribution in [0.4, 0.5) is 34.9 Å². The van der Waals surface area contributed by atoms with Crippen LogP contribution in [0.5, 0.6) is 0 Å². The number of nitrogens with one attached hydrogen (secondary N) is 3. The standard InChI is InChI=1S/C22H18N8O2/c31-30(32)19-13-11-16(12-14-19)15-23-29-22-27-20(24-17-7-3-1-4-8-17)26-21(28-22)25-18-9-5-2-6-10-18/h1-15H,(H3,24,25,26,27,28,29). The Kier molecular flexibility index (Phi) is 6.23. The number of non-ortho nitro benzene ring substituents is 1. The first-order valence-electron chi connectivity index (χ1n) is 9.59. The van der Waals surface area contributed by atoms with Crippen LogP contribution in [0.3, 0.4) is 0 Å². The van der Waals surface area contributed by atoms with Gasteiger partial charge < -0.3 is 10.6 Å². The maximum Gasteiger partial charge on any atom is 0.269 e. The zero-order valence-corrected chi connectivity index (χ0v) is 16.7. The fourth-order valence-corrected chi connectivity index (χ4v) is 2.69. The van der Waals surface area contributed by atoms with E-state index in [1.54, 1.807) is 12.1 Å². The summed E-state index contributed by atoms with van der Waals surface area (Å²) < 4.78 is 0. The summed E-state index contributed by atoms with van der Waals surface area (Å²) in [5.41, 5.74) is 5.12. The lowest BCUT2D eigenvalue weighted by atomic mass is 10.2. The van der Waals surface area contributed by atoms with Crippen LogP contribution in [0.15, 0.2) is 90.0 Å². The van der Waals surface area contributed by atoms with Crippen molar-refractivity contribution >= 4 is 41.1 Å². The van der Waals surface area contributed by atoms with E-state index in [-0.39, 0.29) is 11.6 Å². The third kappa shape index (κ3) is 5.60. The summed E-state index contributed by atoms with van der Waals surface area (Å²) in [6, 6.07) is 25.1. The minimum atomic E-state index is -0.452. The number of hydrogen-bond acceptors (Lipinski definition) is 9. The predicted molar refractivity (Wildman–Crippen MR) is 124 cm³/mol. The van der Waals surface area contributed by atoms with E-state index in [2.05, 4.69) is 36.1 Å². The molecule has 0 bridgehead atoms. The SMILES string of the molecule is O=[N+]([O-])c1ccc(C=NNc2nc(Nc3ccccc3)nc(Nc3ccccc3)n2)cc1. The molecule has 0 radical (unpaired) electrons. The average molecular weight is 426 g/mol. The van der Waals surface area contributed by atoms with Gasteiger partial charge in [0.1, 0.15) is 0 Å². The summed E-state index contributed by atoms with van der Waals surface area (Å²) in [6.45, 7) is 0. The van der Waals surface area contributed by atoms with Crippen LogP contribution < -0.4 is 16.1 Å². The predicted octanol–water partition coefficient (Wildman–Crippen LogP) is 4.71. The molecule has 0 aliphatic carbocycles. The molecular weight excluding hydrogens is 408 g/mol. The quantitative estimate of drug-likeness (QED) is 0.210. The number of rotatable bonds is 8. The number of nitrogens with zero attached hydrogens (tertiary/aromatic N) is 5. The van der Waals surface area contributed by atoms with Gasteiger partial charge in [-0.1, -0.05) is 36.4 Å². The van der Waals surface area contributed by atoms with Crippen molar-refractivity contribution in [2.45, 2.75) is 0 Å². The van der Waals surface area contributed by atoms with E-state index >= 15 is 0 Å². The second kappa shape index (κ2) is 9.76. The highest BCUT2D eigenvalue weighted by Gasteiger charge is 2.08. The van der Waals surface area contributed by atoms with Crippen molar-refractivity contribution in [2.75, 3.05) is 16.1 Å². The lowest BCUT2D eigenvalue weighted by Crippen LogP contribution is -2.07. The van der Waals surface area contributed by atoms with Gasteiger partial charge in [0.2, 0.25) is 17.8 Å². The van der Waals surface area contributed by atoms with Gasteiger partial charge in [0.15, 0.2) is 0 Å². The number of nitro groups is 1. The molecule has 0 saturated carbocycles. The Bertz CT molecular complexity index is 1160. The summed E-state index contributed by atoms with van der Waals surface area (Å²) in [4.78, 5) is 23.4. The van der Waals surface area contributed by atoms with Crippen molar-refractivity contribution in [3.8, 4) is 0 Å². The number of nitro benzene ring substituents is 1. The van der Waals surface area contributed by atoms with Gasteiger partial charge in [-0.15, -0.1) is 0 Å². The van der Waals surface area contributed by atoms with Gasteiger partial charge in [0.25, 0.3) is 5.69 Å². The molecule has 158 valence electrons. The van der Waals surface area contributed by atoms with E-state index in [0.717, 1.165) is 11.4 Å². The van der Waals surface area contributed by atoms with Gasteiger partial charge in [-0.2, -0.15) is 20.1 Å². The lowest BCUT2D eigenvalue weighted by molar-refractivity contribution is -0.384. The van der Waals surface area contributed by atoms with Gasteiger partial charge in [0, 0.05) is 23.5 Å². The molecule has 1 heterocycles. The molecule has 3 N–H and O–H groups in total. The molecule has 0 saturated heterocycles. The van der Waals surface area contributed by atoms with Gasteiger partial charge in [0.05, 0.1) is 11.1 Å². The summed E-state index contributed by atoms with van der Waals surface area (Å²) in [7, 11) is 0. The molecule has 0 unspecified atom stereocenters. The van der Waals surface area contributed by atoms with Crippen LogP contribution in [0.2, 0.25) is 0 Å². The summed E-state index contributed by atoms with van der Waals surface area (Å²) >= 11 is 0. The van der Waals surface area contributed by atoms with Crippen molar-refractivity contribution in [3.05, 3.63) is 101 Å². The second-order valence-electron chi connectivity index (χ2n) is 6.51. The molecule has 1 aromatic heterocycles. The number of aromatic nitrogens is 3. The number of benzene rings is 3. The van der Waals surface area contributed by atoms with Crippen molar-refractivity contribution in [1.82, 2.24) is 15.0 Å². The maximum atomic E-state index is 10.8. The molecule has 4 aromatic rings. The first-order chi connectivity index (χ1) is 15.7. The third-order valence-corrected chi connectivity index (χ3v) is 4.18. The molecule has 0 aliphatic heterocycles. The maximum absolute atomic E-state index is 10.8. The molecule has 0 fully saturated rings. The smallest absolute Gasteiger partial charge is 0.269 e. The Morgan fingerprint density at radius 1 is 0.719 bits per heavy atom.